The number of aromatic nitrogens is 3. The smallest absolute Gasteiger partial charge is 0.196 e. The molecule has 0 radical (unpaired) electrons. The van der Waals surface area contributed by atoms with E-state index in [1.807, 2.05) is 78.9 Å². The SMILES string of the molecule is c1ccc(Sc2nc(-c3ccccc3)nc(-c3ccccc3)n2)cc1. The molecule has 0 aliphatic carbocycles. The molecular formula is C21H15N3S. The van der Waals surface area contributed by atoms with Crippen LogP contribution in [-0.4, -0.2) is 15.0 Å². The van der Waals surface area contributed by atoms with Gasteiger partial charge in [-0.1, -0.05) is 78.9 Å². The third-order valence-corrected chi connectivity index (χ3v) is 4.50. The molecule has 0 spiro atoms. The first-order valence-corrected chi connectivity index (χ1v) is 8.80. The second-order valence-electron chi connectivity index (χ2n) is 5.41. The summed E-state index contributed by atoms with van der Waals surface area (Å²) in [6, 6.07) is 30.1. The third kappa shape index (κ3) is 3.75. The van der Waals surface area contributed by atoms with Crippen molar-refractivity contribution in [3.63, 3.8) is 0 Å². The van der Waals surface area contributed by atoms with Crippen LogP contribution in [0.3, 0.4) is 0 Å². The molecule has 0 amide bonds. The summed E-state index contributed by atoms with van der Waals surface area (Å²) in [5.41, 5.74) is 1.97. The van der Waals surface area contributed by atoms with E-state index in [9.17, 15) is 0 Å². The number of rotatable bonds is 4. The monoisotopic (exact) mass is 341 g/mol. The van der Waals surface area contributed by atoms with Gasteiger partial charge in [0.2, 0.25) is 0 Å². The van der Waals surface area contributed by atoms with Crippen LogP contribution in [0.25, 0.3) is 22.8 Å². The Labute approximate surface area is 150 Å². The molecule has 0 fully saturated rings. The number of hydrogen-bond acceptors (Lipinski definition) is 4. The lowest BCUT2D eigenvalue weighted by molar-refractivity contribution is 0.921. The van der Waals surface area contributed by atoms with Crippen molar-refractivity contribution >= 4 is 11.8 Å². The van der Waals surface area contributed by atoms with Gasteiger partial charge in [0.15, 0.2) is 16.8 Å². The summed E-state index contributed by atoms with van der Waals surface area (Å²) in [7, 11) is 0. The summed E-state index contributed by atoms with van der Waals surface area (Å²) < 4.78 is 0. The molecule has 4 aromatic rings. The Hall–Kier alpha value is -2.98. The van der Waals surface area contributed by atoms with Gasteiger partial charge in [0.1, 0.15) is 0 Å². The molecule has 120 valence electrons. The molecule has 25 heavy (non-hydrogen) atoms. The molecule has 0 saturated heterocycles. The van der Waals surface area contributed by atoms with Crippen LogP contribution in [0.2, 0.25) is 0 Å². The predicted octanol–water partition coefficient (Wildman–Crippen LogP) is 5.36. The Bertz CT molecular complexity index is 900. The van der Waals surface area contributed by atoms with E-state index in [1.165, 1.54) is 0 Å². The van der Waals surface area contributed by atoms with E-state index in [-0.39, 0.29) is 0 Å². The maximum absolute atomic E-state index is 4.68. The average Bonchev–Trinajstić information content (AvgIpc) is 2.70. The molecule has 0 unspecified atom stereocenters. The molecule has 1 heterocycles. The standard InChI is InChI=1S/C21H15N3S/c1-4-10-16(11-5-1)19-22-20(17-12-6-2-7-13-17)24-21(23-19)25-18-14-8-3-9-15-18/h1-15H. The van der Waals surface area contributed by atoms with Gasteiger partial charge in [-0.3, -0.25) is 0 Å². The fourth-order valence-electron chi connectivity index (χ4n) is 2.43. The molecule has 0 bridgehead atoms. The van der Waals surface area contributed by atoms with Crippen LogP contribution in [0.4, 0.5) is 0 Å². The van der Waals surface area contributed by atoms with E-state index in [4.69, 9.17) is 0 Å². The van der Waals surface area contributed by atoms with Crippen LogP contribution in [0.1, 0.15) is 0 Å². The van der Waals surface area contributed by atoms with Crippen molar-refractivity contribution in [1.29, 1.82) is 0 Å². The highest BCUT2D eigenvalue weighted by Crippen LogP contribution is 2.28. The van der Waals surface area contributed by atoms with Crippen molar-refractivity contribution in [3.8, 4) is 22.8 Å². The Morgan fingerprint density at radius 2 is 0.920 bits per heavy atom. The third-order valence-electron chi connectivity index (χ3n) is 3.63. The van der Waals surface area contributed by atoms with Gasteiger partial charge in [0, 0.05) is 16.0 Å². The van der Waals surface area contributed by atoms with Gasteiger partial charge in [0.25, 0.3) is 0 Å². The summed E-state index contributed by atoms with van der Waals surface area (Å²) in [6.45, 7) is 0. The molecule has 3 nitrogen and oxygen atoms in total. The fourth-order valence-corrected chi connectivity index (χ4v) is 3.20. The first kappa shape index (κ1) is 15.5. The van der Waals surface area contributed by atoms with Crippen molar-refractivity contribution in [1.82, 2.24) is 15.0 Å². The second-order valence-corrected chi connectivity index (χ2v) is 6.45. The quantitative estimate of drug-likeness (QED) is 0.501. The topological polar surface area (TPSA) is 38.7 Å². The van der Waals surface area contributed by atoms with Crippen LogP contribution in [0.5, 0.6) is 0 Å². The number of benzene rings is 3. The zero-order valence-corrected chi connectivity index (χ0v) is 14.2. The van der Waals surface area contributed by atoms with E-state index in [0.717, 1.165) is 16.0 Å². The lowest BCUT2D eigenvalue weighted by Crippen LogP contribution is -1.98. The fraction of sp³-hybridized carbons (Fsp3) is 0. The van der Waals surface area contributed by atoms with Crippen molar-refractivity contribution < 1.29 is 0 Å². The van der Waals surface area contributed by atoms with Crippen molar-refractivity contribution in [2.24, 2.45) is 0 Å². The molecule has 0 atom stereocenters. The molecular weight excluding hydrogens is 326 g/mol. The van der Waals surface area contributed by atoms with E-state index in [0.29, 0.717) is 16.8 Å². The van der Waals surface area contributed by atoms with Gasteiger partial charge in [0.05, 0.1) is 0 Å². The Balaban J connectivity index is 1.80. The summed E-state index contributed by atoms with van der Waals surface area (Å²) in [4.78, 5) is 15.1. The van der Waals surface area contributed by atoms with Crippen LogP contribution in [0.15, 0.2) is 101 Å². The molecule has 0 aliphatic rings. The summed E-state index contributed by atoms with van der Waals surface area (Å²) in [6.07, 6.45) is 0. The van der Waals surface area contributed by atoms with E-state index >= 15 is 0 Å². The van der Waals surface area contributed by atoms with Gasteiger partial charge in [-0.2, -0.15) is 0 Å². The summed E-state index contributed by atoms with van der Waals surface area (Å²) >= 11 is 1.54. The molecule has 4 heteroatoms. The molecule has 4 rings (SSSR count). The first-order valence-electron chi connectivity index (χ1n) is 7.98. The Kier molecular flexibility index (Phi) is 4.53. The lowest BCUT2D eigenvalue weighted by atomic mass is 10.2. The molecule has 1 aromatic heterocycles. The Morgan fingerprint density at radius 3 is 1.40 bits per heavy atom. The highest BCUT2D eigenvalue weighted by molar-refractivity contribution is 7.99. The van der Waals surface area contributed by atoms with E-state index in [1.54, 1.807) is 11.8 Å². The van der Waals surface area contributed by atoms with E-state index < -0.39 is 0 Å². The van der Waals surface area contributed by atoms with Gasteiger partial charge < -0.3 is 0 Å². The average molecular weight is 341 g/mol. The zero-order valence-electron chi connectivity index (χ0n) is 13.4. The minimum Gasteiger partial charge on any atom is -0.208 e. The van der Waals surface area contributed by atoms with Crippen LogP contribution < -0.4 is 0 Å². The van der Waals surface area contributed by atoms with Gasteiger partial charge >= 0.3 is 0 Å². The second kappa shape index (κ2) is 7.28. The predicted molar refractivity (Wildman–Crippen MR) is 101 cm³/mol. The normalized spacial score (nSPS) is 10.6. The van der Waals surface area contributed by atoms with Crippen molar-refractivity contribution in [3.05, 3.63) is 91.0 Å². The number of hydrogen-bond donors (Lipinski definition) is 0. The highest BCUT2D eigenvalue weighted by Gasteiger charge is 2.11. The minimum absolute atomic E-state index is 0.688. The van der Waals surface area contributed by atoms with Gasteiger partial charge in [-0.15, -0.1) is 0 Å². The molecule has 3 aromatic carbocycles. The highest BCUT2D eigenvalue weighted by atomic mass is 32.2. The van der Waals surface area contributed by atoms with Crippen molar-refractivity contribution in [2.45, 2.75) is 10.1 Å². The Morgan fingerprint density at radius 1 is 0.480 bits per heavy atom. The summed E-state index contributed by atoms with van der Waals surface area (Å²) in [5, 5.41) is 0.693. The summed E-state index contributed by atoms with van der Waals surface area (Å²) in [5.74, 6) is 1.38. The molecule has 0 aliphatic heterocycles. The molecule has 0 saturated carbocycles. The zero-order chi connectivity index (χ0) is 16.9. The maximum atomic E-state index is 4.68. The van der Waals surface area contributed by atoms with Crippen molar-refractivity contribution in [2.75, 3.05) is 0 Å². The van der Waals surface area contributed by atoms with Crippen LogP contribution in [-0.2, 0) is 0 Å². The largest absolute Gasteiger partial charge is 0.208 e. The maximum Gasteiger partial charge on any atom is 0.196 e. The number of nitrogens with zero attached hydrogens (tertiary/aromatic N) is 3. The van der Waals surface area contributed by atoms with Gasteiger partial charge in [-0.25, -0.2) is 15.0 Å². The first-order chi connectivity index (χ1) is 12.4. The lowest BCUT2D eigenvalue weighted by Gasteiger charge is -2.07. The minimum atomic E-state index is 0.688. The van der Waals surface area contributed by atoms with Gasteiger partial charge in [-0.05, 0) is 23.9 Å². The van der Waals surface area contributed by atoms with Crippen LogP contribution >= 0.6 is 11.8 Å². The molecule has 0 N–H and O–H groups in total. The van der Waals surface area contributed by atoms with E-state index in [2.05, 4.69) is 27.1 Å². The van der Waals surface area contributed by atoms with Crippen LogP contribution in [0, 0.1) is 0 Å².